The molecule has 2 heterocycles. The van der Waals surface area contributed by atoms with Crippen molar-refractivity contribution in [1.82, 2.24) is 5.32 Å². The molecule has 1 N–H and O–H groups in total. The van der Waals surface area contributed by atoms with Gasteiger partial charge in [-0.05, 0) is 26.0 Å². The molecule has 0 amide bonds. The highest BCUT2D eigenvalue weighted by Crippen LogP contribution is 2.30. The van der Waals surface area contributed by atoms with Crippen LogP contribution in [-0.4, -0.2) is 18.7 Å². The average Bonchev–Trinajstić information content (AvgIpc) is 2.71. The first-order valence-corrected chi connectivity index (χ1v) is 6.01. The lowest BCUT2D eigenvalue weighted by molar-refractivity contribution is -0.103. The molecule has 1 aromatic carbocycles. The van der Waals surface area contributed by atoms with Crippen LogP contribution < -0.4 is 5.32 Å². The second-order valence-corrected chi connectivity index (χ2v) is 5.18. The summed E-state index contributed by atoms with van der Waals surface area (Å²) in [5, 5.41) is 4.52. The third-order valence-corrected chi connectivity index (χ3v) is 3.10. The molecular formula is C14H17NO2. The number of nitrogens with one attached hydrogen (secondary N) is 1. The summed E-state index contributed by atoms with van der Waals surface area (Å²) in [6, 6.07) is 10.1. The fourth-order valence-corrected chi connectivity index (χ4v) is 2.29. The molecule has 1 atom stereocenters. The summed E-state index contributed by atoms with van der Waals surface area (Å²) in [5.41, 5.74) is 0.788. The molecule has 0 bridgehead atoms. The topological polar surface area (TPSA) is 34.4 Å². The van der Waals surface area contributed by atoms with Crippen LogP contribution >= 0.6 is 0 Å². The van der Waals surface area contributed by atoms with Gasteiger partial charge in [-0.1, -0.05) is 18.2 Å². The second kappa shape index (κ2) is 3.86. The summed E-state index contributed by atoms with van der Waals surface area (Å²) in [5.74, 6) is 0.909. The van der Waals surface area contributed by atoms with Gasteiger partial charge < -0.3 is 14.5 Å². The lowest BCUT2D eigenvalue weighted by Gasteiger charge is -2.35. The molecule has 1 aliphatic rings. The minimum absolute atomic E-state index is 0.00569. The van der Waals surface area contributed by atoms with E-state index < -0.39 is 0 Å². The smallest absolute Gasteiger partial charge is 0.135 e. The van der Waals surface area contributed by atoms with E-state index in [2.05, 4.69) is 31.3 Å². The van der Waals surface area contributed by atoms with Gasteiger partial charge in [0.05, 0.1) is 5.60 Å². The van der Waals surface area contributed by atoms with Crippen LogP contribution in [0.5, 0.6) is 0 Å². The van der Waals surface area contributed by atoms with Gasteiger partial charge in [0.1, 0.15) is 17.4 Å². The van der Waals surface area contributed by atoms with E-state index in [1.807, 2.05) is 18.2 Å². The molecule has 90 valence electrons. The van der Waals surface area contributed by atoms with Gasteiger partial charge in [0.2, 0.25) is 0 Å². The Balaban J connectivity index is 1.93. The maximum absolute atomic E-state index is 6.03. The number of rotatable bonds is 1. The third-order valence-electron chi connectivity index (χ3n) is 3.10. The summed E-state index contributed by atoms with van der Waals surface area (Å²) >= 11 is 0. The molecule has 3 heteroatoms. The van der Waals surface area contributed by atoms with E-state index in [1.54, 1.807) is 0 Å². The molecular weight excluding hydrogens is 214 g/mol. The fourth-order valence-electron chi connectivity index (χ4n) is 2.29. The molecule has 0 spiro atoms. The van der Waals surface area contributed by atoms with Crippen molar-refractivity contribution in [3.63, 3.8) is 0 Å². The van der Waals surface area contributed by atoms with E-state index in [0.717, 1.165) is 29.8 Å². The summed E-state index contributed by atoms with van der Waals surface area (Å²) in [6.07, 6.45) is 0.00569. The molecule has 3 nitrogen and oxygen atoms in total. The Morgan fingerprint density at radius 2 is 2.12 bits per heavy atom. The van der Waals surface area contributed by atoms with Crippen molar-refractivity contribution in [3.8, 4) is 0 Å². The Kier molecular flexibility index (Phi) is 2.45. The molecule has 1 aromatic heterocycles. The number of furan rings is 1. The summed E-state index contributed by atoms with van der Waals surface area (Å²) in [4.78, 5) is 0. The number of hydrogen-bond acceptors (Lipinski definition) is 3. The van der Waals surface area contributed by atoms with Crippen LogP contribution in [0, 0.1) is 0 Å². The number of morpholine rings is 1. The van der Waals surface area contributed by atoms with Gasteiger partial charge in [-0.2, -0.15) is 0 Å². The molecule has 0 saturated carbocycles. The van der Waals surface area contributed by atoms with E-state index in [1.165, 1.54) is 0 Å². The molecule has 3 rings (SSSR count). The average molecular weight is 231 g/mol. The molecule has 0 aliphatic carbocycles. The van der Waals surface area contributed by atoms with Crippen molar-refractivity contribution < 1.29 is 9.15 Å². The van der Waals surface area contributed by atoms with Gasteiger partial charge in [-0.25, -0.2) is 0 Å². The molecule has 0 radical (unpaired) electrons. The predicted molar refractivity (Wildman–Crippen MR) is 67.0 cm³/mol. The zero-order chi connectivity index (χ0) is 11.9. The number of benzene rings is 1. The van der Waals surface area contributed by atoms with Gasteiger partial charge >= 0.3 is 0 Å². The van der Waals surface area contributed by atoms with Crippen LogP contribution in [0.15, 0.2) is 34.7 Å². The van der Waals surface area contributed by atoms with Gasteiger partial charge in [0.25, 0.3) is 0 Å². The number of ether oxygens (including phenoxy) is 1. The van der Waals surface area contributed by atoms with Crippen molar-refractivity contribution >= 4 is 11.0 Å². The first-order chi connectivity index (χ1) is 8.14. The van der Waals surface area contributed by atoms with Crippen molar-refractivity contribution in [1.29, 1.82) is 0 Å². The third kappa shape index (κ3) is 2.08. The molecule has 1 aliphatic heterocycles. The summed E-state index contributed by atoms with van der Waals surface area (Å²) in [6.45, 7) is 5.87. The minimum Gasteiger partial charge on any atom is -0.458 e. The standard InChI is InChI=1S/C14H17NO2/c1-14(2)9-15-8-13(17-14)12-7-10-5-3-4-6-11(10)16-12/h3-7,13,15H,8-9H2,1-2H3. The molecule has 17 heavy (non-hydrogen) atoms. The molecule has 1 saturated heterocycles. The van der Waals surface area contributed by atoms with E-state index in [9.17, 15) is 0 Å². The Labute approximate surface area is 101 Å². The van der Waals surface area contributed by atoms with Crippen molar-refractivity contribution in [2.24, 2.45) is 0 Å². The lowest BCUT2D eigenvalue weighted by Crippen LogP contribution is -2.46. The SMILES string of the molecule is CC1(C)CNCC(c2cc3ccccc3o2)O1. The Morgan fingerprint density at radius 3 is 2.88 bits per heavy atom. The normalized spacial score (nSPS) is 24.0. The summed E-state index contributed by atoms with van der Waals surface area (Å²) in [7, 11) is 0. The highest BCUT2D eigenvalue weighted by atomic mass is 16.5. The van der Waals surface area contributed by atoms with E-state index in [4.69, 9.17) is 9.15 Å². The van der Waals surface area contributed by atoms with E-state index in [-0.39, 0.29) is 11.7 Å². The van der Waals surface area contributed by atoms with Crippen molar-refractivity contribution in [2.75, 3.05) is 13.1 Å². The van der Waals surface area contributed by atoms with Crippen molar-refractivity contribution in [3.05, 3.63) is 36.1 Å². The highest BCUT2D eigenvalue weighted by Gasteiger charge is 2.30. The lowest BCUT2D eigenvalue weighted by atomic mass is 10.1. The van der Waals surface area contributed by atoms with Crippen LogP contribution in [0.2, 0.25) is 0 Å². The fraction of sp³-hybridized carbons (Fsp3) is 0.429. The predicted octanol–water partition coefficient (Wildman–Crippen LogP) is 2.87. The number of para-hydroxylation sites is 1. The molecule has 1 unspecified atom stereocenters. The quantitative estimate of drug-likeness (QED) is 0.819. The Morgan fingerprint density at radius 1 is 1.29 bits per heavy atom. The monoisotopic (exact) mass is 231 g/mol. The van der Waals surface area contributed by atoms with Gasteiger partial charge in [-0.15, -0.1) is 0 Å². The largest absolute Gasteiger partial charge is 0.458 e. The van der Waals surface area contributed by atoms with E-state index in [0.29, 0.717) is 0 Å². The van der Waals surface area contributed by atoms with Crippen molar-refractivity contribution in [2.45, 2.75) is 25.6 Å². The van der Waals surface area contributed by atoms with Gasteiger partial charge in [0, 0.05) is 18.5 Å². The van der Waals surface area contributed by atoms with E-state index >= 15 is 0 Å². The van der Waals surface area contributed by atoms with Crippen LogP contribution in [0.3, 0.4) is 0 Å². The molecule has 2 aromatic rings. The zero-order valence-corrected chi connectivity index (χ0v) is 10.2. The van der Waals surface area contributed by atoms with Crippen LogP contribution in [-0.2, 0) is 4.74 Å². The van der Waals surface area contributed by atoms with Crippen LogP contribution in [0.1, 0.15) is 25.7 Å². The minimum atomic E-state index is -0.137. The number of fused-ring (bicyclic) bond motifs is 1. The maximum atomic E-state index is 6.03. The van der Waals surface area contributed by atoms with Crippen LogP contribution in [0.25, 0.3) is 11.0 Å². The maximum Gasteiger partial charge on any atom is 0.135 e. The van der Waals surface area contributed by atoms with Crippen LogP contribution in [0.4, 0.5) is 0 Å². The zero-order valence-electron chi connectivity index (χ0n) is 10.2. The Hall–Kier alpha value is -1.32. The highest BCUT2D eigenvalue weighted by molar-refractivity contribution is 5.77. The van der Waals surface area contributed by atoms with Gasteiger partial charge in [-0.3, -0.25) is 0 Å². The van der Waals surface area contributed by atoms with Gasteiger partial charge in [0.15, 0.2) is 0 Å². The molecule has 1 fully saturated rings. The second-order valence-electron chi connectivity index (χ2n) is 5.18. The first-order valence-electron chi connectivity index (χ1n) is 6.01. The number of hydrogen-bond donors (Lipinski definition) is 1. The summed E-state index contributed by atoms with van der Waals surface area (Å²) < 4.78 is 11.9. The first kappa shape index (κ1) is 10.8. The Bertz CT molecular complexity index is 497.